The third kappa shape index (κ3) is 5.40. The molecule has 1 atom stereocenters. The Kier molecular flexibility index (Phi) is 7.73. The van der Waals surface area contributed by atoms with Gasteiger partial charge in [0.05, 0.1) is 6.54 Å². The summed E-state index contributed by atoms with van der Waals surface area (Å²) in [5, 5.41) is 4.45. The minimum absolute atomic E-state index is 0.180. The second-order valence-electron chi connectivity index (χ2n) is 6.31. The quantitative estimate of drug-likeness (QED) is 0.672. The molecule has 2 amide bonds. The fourth-order valence-electron chi connectivity index (χ4n) is 2.62. The minimum Gasteiger partial charge on any atom is -0.330 e. The Balaban J connectivity index is 2.09. The van der Waals surface area contributed by atoms with Crippen LogP contribution < -0.4 is 5.32 Å². The largest absolute Gasteiger partial charge is 0.330 e. The van der Waals surface area contributed by atoms with Crippen molar-refractivity contribution in [1.29, 1.82) is 0 Å². The molecule has 1 N–H and O–H groups in total. The van der Waals surface area contributed by atoms with Crippen molar-refractivity contribution in [2.45, 2.75) is 30.5 Å². The van der Waals surface area contributed by atoms with E-state index in [2.05, 4.69) is 5.32 Å². The molecule has 0 spiro atoms. The minimum atomic E-state index is -3.73. The van der Waals surface area contributed by atoms with Crippen LogP contribution in [0.3, 0.4) is 0 Å². The third-order valence-electron chi connectivity index (χ3n) is 4.19. The number of nitrogens with one attached hydrogen (secondary N) is 1. The van der Waals surface area contributed by atoms with Gasteiger partial charge in [-0.15, -0.1) is 11.3 Å². The van der Waals surface area contributed by atoms with Gasteiger partial charge in [-0.1, -0.05) is 31.2 Å². The average molecular weight is 424 g/mol. The van der Waals surface area contributed by atoms with Crippen LogP contribution in [0.5, 0.6) is 0 Å². The van der Waals surface area contributed by atoms with Crippen LogP contribution in [-0.4, -0.2) is 55.6 Å². The number of amides is 2. The van der Waals surface area contributed by atoms with Crippen LogP contribution in [0.2, 0.25) is 0 Å². The number of anilines is 1. The van der Waals surface area contributed by atoms with E-state index in [1.807, 2.05) is 13.0 Å². The van der Waals surface area contributed by atoms with E-state index in [0.29, 0.717) is 18.7 Å². The van der Waals surface area contributed by atoms with Gasteiger partial charge in [0.2, 0.25) is 11.8 Å². The number of benzene rings is 1. The Morgan fingerprint density at radius 2 is 1.82 bits per heavy atom. The Labute approximate surface area is 170 Å². The fourth-order valence-corrected chi connectivity index (χ4v) is 4.94. The molecule has 0 bridgehead atoms. The van der Waals surface area contributed by atoms with Crippen LogP contribution in [0.4, 0.5) is 5.69 Å². The topological polar surface area (TPSA) is 86.8 Å². The fraction of sp³-hybridized carbons (Fsp3) is 0.368. The van der Waals surface area contributed by atoms with E-state index in [9.17, 15) is 18.0 Å². The first kappa shape index (κ1) is 22.1. The number of rotatable bonds is 9. The Hall–Kier alpha value is -2.23. The van der Waals surface area contributed by atoms with Gasteiger partial charge in [-0.3, -0.25) is 9.59 Å². The van der Waals surface area contributed by atoms with E-state index < -0.39 is 22.0 Å². The van der Waals surface area contributed by atoms with Gasteiger partial charge in [0, 0.05) is 19.3 Å². The van der Waals surface area contributed by atoms with Crippen LogP contribution in [-0.2, 0) is 19.6 Å². The lowest BCUT2D eigenvalue weighted by atomic mass is 10.2. The molecule has 2 aromatic rings. The highest BCUT2D eigenvalue weighted by atomic mass is 32.2. The van der Waals surface area contributed by atoms with Gasteiger partial charge in [0.15, 0.2) is 0 Å². The SMILES string of the molecule is CCCN(C(=O)CN(C)S(=O)(=O)c1cccs1)C(C)C(=O)Nc1ccccc1. The van der Waals surface area contributed by atoms with Crippen molar-refractivity contribution in [3.05, 3.63) is 47.8 Å². The molecule has 0 saturated carbocycles. The Morgan fingerprint density at radius 1 is 1.14 bits per heavy atom. The molecule has 0 fully saturated rings. The Bertz CT molecular complexity index is 883. The summed E-state index contributed by atoms with van der Waals surface area (Å²) in [6, 6.07) is 11.4. The van der Waals surface area contributed by atoms with Crippen molar-refractivity contribution in [3.63, 3.8) is 0 Å². The molecule has 7 nitrogen and oxygen atoms in total. The van der Waals surface area contributed by atoms with E-state index in [-0.39, 0.29) is 16.7 Å². The van der Waals surface area contributed by atoms with Crippen molar-refractivity contribution in [1.82, 2.24) is 9.21 Å². The van der Waals surface area contributed by atoms with E-state index in [1.54, 1.807) is 42.6 Å². The predicted octanol–water partition coefficient (Wildman–Crippen LogP) is 2.63. The first-order valence-electron chi connectivity index (χ1n) is 8.92. The molecule has 1 heterocycles. The summed E-state index contributed by atoms with van der Waals surface area (Å²) in [6.07, 6.45) is 0.649. The number of likely N-dealkylation sites (N-methyl/N-ethyl adjacent to an activating group) is 1. The zero-order valence-corrected chi connectivity index (χ0v) is 17.8. The molecule has 2 rings (SSSR count). The van der Waals surface area contributed by atoms with Crippen molar-refractivity contribution < 1.29 is 18.0 Å². The van der Waals surface area contributed by atoms with E-state index in [0.717, 1.165) is 15.6 Å². The summed E-state index contributed by atoms with van der Waals surface area (Å²) >= 11 is 1.10. The molecule has 0 aliphatic carbocycles. The second kappa shape index (κ2) is 9.81. The molecular formula is C19H25N3O4S2. The predicted molar refractivity (Wildman–Crippen MR) is 111 cm³/mol. The number of nitrogens with zero attached hydrogens (tertiary/aromatic N) is 2. The highest BCUT2D eigenvalue weighted by Gasteiger charge is 2.30. The third-order valence-corrected chi connectivity index (χ3v) is 7.37. The first-order chi connectivity index (χ1) is 13.3. The molecule has 0 aliphatic rings. The normalized spacial score (nSPS) is 12.6. The summed E-state index contributed by atoms with van der Waals surface area (Å²) in [4.78, 5) is 26.8. The standard InChI is InChI=1S/C19H25N3O4S2/c1-4-12-22(15(2)19(24)20-16-9-6-5-7-10-16)17(23)14-21(3)28(25,26)18-11-8-13-27-18/h5-11,13,15H,4,12,14H2,1-3H3,(H,20,24). The van der Waals surface area contributed by atoms with Gasteiger partial charge in [0.25, 0.3) is 10.0 Å². The maximum Gasteiger partial charge on any atom is 0.252 e. The highest BCUT2D eigenvalue weighted by molar-refractivity contribution is 7.91. The lowest BCUT2D eigenvalue weighted by Gasteiger charge is -2.29. The van der Waals surface area contributed by atoms with E-state index >= 15 is 0 Å². The van der Waals surface area contributed by atoms with Crippen molar-refractivity contribution in [3.8, 4) is 0 Å². The van der Waals surface area contributed by atoms with E-state index in [4.69, 9.17) is 0 Å². The lowest BCUT2D eigenvalue weighted by molar-refractivity contribution is -0.138. The number of thiophene rings is 1. The zero-order valence-electron chi connectivity index (χ0n) is 16.2. The number of hydrogen-bond acceptors (Lipinski definition) is 5. The molecule has 28 heavy (non-hydrogen) atoms. The van der Waals surface area contributed by atoms with Gasteiger partial charge in [-0.05, 0) is 36.9 Å². The molecular weight excluding hydrogens is 398 g/mol. The van der Waals surface area contributed by atoms with Crippen LogP contribution in [0.25, 0.3) is 0 Å². The molecule has 0 radical (unpaired) electrons. The lowest BCUT2D eigenvalue weighted by Crippen LogP contribution is -2.49. The van der Waals surface area contributed by atoms with Crippen LogP contribution >= 0.6 is 11.3 Å². The van der Waals surface area contributed by atoms with Gasteiger partial charge in [0.1, 0.15) is 10.3 Å². The number of carbonyl (C=O) groups excluding carboxylic acids is 2. The summed E-state index contributed by atoms with van der Waals surface area (Å²) < 4.78 is 26.3. The monoisotopic (exact) mass is 423 g/mol. The van der Waals surface area contributed by atoms with E-state index in [1.165, 1.54) is 18.0 Å². The molecule has 152 valence electrons. The maximum atomic E-state index is 12.8. The number of hydrogen-bond donors (Lipinski definition) is 1. The Morgan fingerprint density at radius 3 is 2.39 bits per heavy atom. The first-order valence-corrected chi connectivity index (χ1v) is 11.2. The van der Waals surface area contributed by atoms with Crippen molar-refractivity contribution in [2.24, 2.45) is 0 Å². The van der Waals surface area contributed by atoms with Crippen LogP contribution in [0.1, 0.15) is 20.3 Å². The second-order valence-corrected chi connectivity index (χ2v) is 9.53. The zero-order chi connectivity index (χ0) is 20.7. The molecule has 1 unspecified atom stereocenters. The molecule has 0 aliphatic heterocycles. The van der Waals surface area contributed by atoms with Gasteiger partial charge in [-0.2, -0.15) is 4.31 Å². The van der Waals surface area contributed by atoms with Gasteiger partial charge >= 0.3 is 0 Å². The molecule has 0 saturated heterocycles. The van der Waals surface area contributed by atoms with Gasteiger partial charge in [-0.25, -0.2) is 8.42 Å². The highest BCUT2D eigenvalue weighted by Crippen LogP contribution is 2.20. The smallest absolute Gasteiger partial charge is 0.252 e. The molecule has 9 heteroatoms. The number of para-hydroxylation sites is 1. The van der Waals surface area contributed by atoms with Crippen LogP contribution in [0.15, 0.2) is 52.1 Å². The van der Waals surface area contributed by atoms with Gasteiger partial charge < -0.3 is 10.2 Å². The summed E-state index contributed by atoms with van der Waals surface area (Å²) in [6.45, 7) is 3.56. The summed E-state index contributed by atoms with van der Waals surface area (Å²) in [5.41, 5.74) is 0.639. The maximum absolute atomic E-state index is 12.8. The summed E-state index contributed by atoms with van der Waals surface area (Å²) in [5.74, 6) is -0.739. The molecule has 1 aromatic carbocycles. The summed E-state index contributed by atoms with van der Waals surface area (Å²) in [7, 11) is -2.36. The van der Waals surface area contributed by atoms with Crippen molar-refractivity contribution in [2.75, 3.05) is 25.5 Å². The molecule has 1 aromatic heterocycles. The average Bonchev–Trinajstić information content (AvgIpc) is 3.21. The number of sulfonamides is 1. The van der Waals surface area contributed by atoms with Crippen molar-refractivity contribution >= 4 is 38.9 Å². The number of carbonyl (C=O) groups is 2. The van der Waals surface area contributed by atoms with Crippen LogP contribution in [0, 0.1) is 0 Å².